The van der Waals surface area contributed by atoms with Crippen LogP contribution in [0.1, 0.15) is 11.1 Å². The lowest BCUT2D eigenvalue weighted by Crippen LogP contribution is -2.19. The van der Waals surface area contributed by atoms with Gasteiger partial charge < -0.3 is 9.88 Å². The summed E-state index contributed by atoms with van der Waals surface area (Å²) in [5.74, 6) is 0. The van der Waals surface area contributed by atoms with Crippen LogP contribution in [0.5, 0.6) is 0 Å². The van der Waals surface area contributed by atoms with E-state index in [1.54, 1.807) is 0 Å². The maximum absolute atomic E-state index is 3.50. The molecule has 2 nitrogen and oxygen atoms in total. The number of aryl methyl sites for hydroxylation is 1. The average Bonchev–Trinajstić information content (AvgIpc) is 2.82. The van der Waals surface area contributed by atoms with Gasteiger partial charge in [0.15, 0.2) is 0 Å². The Kier molecular flexibility index (Phi) is 3.84. The SMILES string of the molecule is Cc1cn(CCNCc2ccccc2)c2ccccc12. The van der Waals surface area contributed by atoms with Crippen molar-refractivity contribution in [2.45, 2.75) is 20.0 Å². The Labute approximate surface area is 120 Å². The highest BCUT2D eigenvalue weighted by Crippen LogP contribution is 2.19. The smallest absolute Gasteiger partial charge is 0.0483 e. The Morgan fingerprint density at radius 3 is 2.55 bits per heavy atom. The lowest BCUT2D eigenvalue weighted by atomic mass is 10.2. The average molecular weight is 264 g/mol. The fraction of sp³-hybridized carbons (Fsp3) is 0.222. The largest absolute Gasteiger partial charge is 0.346 e. The van der Waals surface area contributed by atoms with Crippen LogP contribution in [0.2, 0.25) is 0 Å². The maximum Gasteiger partial charge on any atom is 0.0483 e. The molecule has 1 aromatic heterocycles. The number of para-hydroxylation sites is 1. The molecule has 0 fully saturated rings. The van der Waals surface area contributed by atoms with Gasteiger partial charge in [0.2, 0.25) is 0 Å². The fourth-order valence-corrected chi connectivity index (χ4v) is 2.64. The fourth-order valence-electron chi connectivity index (χ4n) is 2.64. The van der Waals surface area contributed by atoms with Crippen molar-refractivity contribution in [1.29, 1.82) is 0 Å². The molecular weight excluding hydrogens is 244 g/mol. The first kappa shape index (κ1) is 12.9. The van der Waals surface area contributed by atoms with Crippen LogP contribution in [0.25, 0.3) is 10.9 Å². The van der Waals surface area contributed by atoms with Gasteiger partial charge in [0.05, 0.1) is 0 Å². The van der Waals surface area contributed by atoms with Gasteiger partial charge in [-0.2, -0.15) is 0 Å². The Morgan fingerprint density at radius 2 is 1.70 bits per heavy atom. The highest BCUT2D eigenvalue weighted by molar-refractivity contribution is 5.83. The van der Waals surface area contributed by atoms with Gasteiger partial charge in [-0.25, -0.2) is 0 Å². The summed E-state index contributed by atoms with van der Waals surface area (Å²) in [5, 5.41) is 4.86. The molecule has 2 heteroatoms. The van der Waals surface area contributed by atoms with Gasteiger partial charge in [-0.05, 0) is 24.1 Å². The summed E-state index contributed by atoms with van der Waals surface area (Å²) in [5.41, 5.74) is 4.01. The summed E-state index contributed by atoms with van der Waals surface area (Å²) in [6, 6.07) is 19.1. The first-order chi connectivity index (χ1) is 9.84. The maximum atomic E-state index is 3.50. The van der Waals surface area contributed by atoms with Gasteiger partial charge >= 0.3 is 0 Å². The van der Waals surface area contributed by atoms with E-state index < -0.39 is 0 Å². The molecule has 102 valence electrons. The zero-order valence-corrected chi connectivity index (χ0v) is 11.8. The van der Waals surface area contributed by atoms with Gasteiger partial charge in [-0.15, -0.1) is 0 Å². The van der Waals surface area contributed by atoms with Crippen molar-refractivity contribution in [3.8, 4) is 0 Å². The predicted octanol–water partition coefficient (Wildman–Crippen LogP) is 3.74. The van der Waals surface area contributed by atoms with E-state index in [9.17, 15) is 0 Å². The van der Waals surface area contributed by atoms with Gasteiger partial charge in [0, 0.05) is 36.7 Å². The van der Waals surface area contributed by atoms with Crippen LogP contribution in [0.3, 0.4) is 0 Å². The molecule has 0 atom stereocenters. The molecule has 2 aromatic carbocycles. The van der Waals surface area contributed by atoms with E-state index >= 15 is 0 Å². The molecule has 0 aliphatic heterocycles. The minimum atomic E-state index is 0.930. The quantitative estimate of drug-likeness (QED) is 0.695. The zero-order valence-electron chi connectivity index (χ0n) is 11.8. The lowest BCUT2D eigenvalue weighted by Gasteiger charge is -2.07. The predicted molar refractivity (Wildman–Crippen MR) is 84.8 cm³/mol. The van der Waals surface area contributed by atoms with Crippen LogP contribution in [0.15, 0.2) is 60.8 Å². The third-order valence-corrected chi connectivity index (χ3v) is 3.69. The molecule has 0 spiro atoms. The molecule has 3 rings (SSSR count). The van der Waals surface area contributed by atoms with Crippen molar-refractivity contribution in [1.82, 2.24) is 9.88 Å². The standard InChI is InChI=1S/C18H20N2/c1-15-14-20(18-10-6-5-9-17(15)18)12-11-19-13-16-7-3-2-4-8-16/h2-10,14,19H,11-13H2,1H3. The molecule has 0 unspecified atom stereocenters. The second-order valence-corrected chi connectivity index (χ2v) is 5.19. The van der Waals surface area contributed by atoms with Gasteiger partial charge in [0.25, 0.3) is 0 Å². The number of aromatic nitrogens is 1. The van der Waals surface area contributed by atoms with E-state index in [1.165, 1.54) is 22.0 Å². The molecule has 0 radical (unpaired) electrons. The highest BCUT2D eigenvalue weighted by atomic mass is 15.0. The van der Waals surface area contributed by atoms with E-state index in [-0.39, 0.29) is 0 Å². The third-order valence-electron chi connectivity index (χ3n) is 3.69. The Morgan fingerprint density at radius 1 is 0.950 bits per heavy atom. The van der Waals surface area contributed by atoms with Crippen molar-refractivity contribution in [3.63, 3.8) is 0 Å². The van der Waals surface area contributed by atoms with Crippen LogP contribution >= 0.6 is 0 Å². The summed E-state index contributed by atoms with van der Waals surface area (Å²) >= 11 is 0. The molecule has 0 amide bonds. The van der Waals surface area contributed by atoms with Crippen molar-refractivity contribution in [2.24, 2.45) is 0 Å². The second kappa shape index (κ2) is 5.93. The van der Waals surface area contributed by atoms with E-state index in [1.807, 2.05) is 0 Å². The first-order valence-corrected chi connectivity index (χ1v) is 7.14. The van der Waals surface area contributed by atoms with Gasteiger partial charge in [0.1, 0.15) is 0 Å². The van der Waals surface area contributed by atoms with Crippen molar-refractivity contribution in [3.05, 3.63) is 71.9 Å². The summed E-state index contributed by atoms with van der Waals surface area (Å²) in [6.45, 7) is 5.09. The summed E-state index contributed by atoms with van der Waals surface area (Å²) in [7, 11) is 0. The van der Waals surface area contributed by atoms with Gasteiger partial charge in [-0.3, -0.25) is 0 Å². The van der Waals surface area contributed by atoms with Crippen molar-refractivity contribution in [2.75, 3.05) is 6.54 Å². The van der Waals surface area contributed by atoms with Crippen LogP contribution < -0.4 is 5.32 Å². The van der Waals surface area contributed by atoms with Crippen molar-refractivity contribution < 1.29 is 0 Å². The van der Waals surface area contributed by atoms with E-state index in [0.29, 0.717) is 0 Å². The Bertz CT molecular complexity index is 683. The minimum Gasteiger partial charge on any atom is -0.346 e. The molecule has 0 aliphatic carbocycles. The van der Waals surface area contributed by atoms with E-state index in [2.05, 4.69) is 77.6 Å². The zero-order chi connectivity index (χ0) is 13.8. The molecule has 20 heavy (non-hydrogen) atoms. The summed E-state index contributed by atoms with van der Waals surface area (Å²) < 4.78 is 2.34. The molecule has 0 bridgehead atoms. The van der Waals surface area contributed by atoms with E-state index in [0.717, 1.165) is 19.6 Å². The number of fused-ring (bicyclic) bond motifs is 1. The van der Waals surface area contributed by atoms with Crippen LogP contribution in [-0.2, 0) is 13.1 Å². The first-order valence-electron chi connectivity index (χ1n) is 7.14. The molecule has 1 N–H and O–H groups in total. The van der Waals surface area contributed by atoms with Crippen LogP contribution in [0.4, 0.5) is 0 Å². The molecular formula is C18H20N2. The number of nitrogens with one attached hydrogen (secondary N) is 1. The summed E-state index contributed by atoms with van der Waals surface area (Å²) in [4.78, 5) is 0. The molecule has 0 aliphatic rings. The molecule has 0 saturated heterocycles. The monoisotopic (exact) mass is 264 g/mol. The summed E-state index contributed by atoms with van der Waals surface area (Å²) in [6.07, 6.45) is 2.24. The highest BCUT2D eigenvalue weighted by Gasteiger charge is 2.03. The second-order valence-electron chi connectivity index (χ2n) is 5.19. The van der Waals surface area contributed by atoms with Crippen molar-refractivity contribution >= 4 is 10.9 Å². The molecule has 1 heterocycles. The van der Waals surface area contributed by atoms with Crippen LogP contribution in [0, 0.1) is 6.92 Å². The van der Waals surface area contributed by atoms with E-state index in [4.69, 9.17) is 0 Å². The normalized spacial score (nSPS) is 11.1. The van der Waals surface area contributed by atoms with Crippen LogP contribution in [-0.4, -0.2) is 11.1 Å². The van der Waals surface area contributed by atoms with Gasteiger partial charge in [-0.1, -0.05) is 48.5 Å². The topological polar surface area (TPSA) is 17.0 Å². The third kappa shape index (κ3) is 2.75. The number of hydrogen-bond donors (Lipinski definition) is 1. The molecule has 3 aromatic rings. The lowest BCUT2D eigenvalue weighted by molar-refractivity contribution is 0.609. The number of hydrogen-bond acceptors (Lipinski definition) is 1. The number of rotatable bonds is 5. The molecule has 0 saturated carbocycles. The Hall–Kier alpha value is -2.06. The number of nitrogens with zero attached hydrogens (tertiary/aromatic N) is 1. The number of benzene rings is 2. The Balaban J connectivity index is 1.60. The minimum absolute atomic E-state index is 0.930.